The van der Waals surface area contributed by atoms with Crippen LogP contribution in [0.2, 0.25) is 0 Å². The Bertz CT molecular complexity index is 464. The van der Waals surface area contributed by atoms with Crippen molar-refractivity contribution in [3.05, 3.63) is 0 Å². The van der Waals surface area contributed by atoms with E-state index in [1.54, 1.807) is 4.90 Å². The van der Waals surface area contributed by atoms with Gasteiger partial charge in [0.1, 0.15) is 0 Å². The number of aromatic nitrogens is 3. The van der Waals surface area contributed by atoms with Gasteiger partial charge in [-0.3, -0.25) is 10.2 Å². The van der Waals surface area contributed by atoms with Crippen LogP contribution in [0.3, 0.4) is 0 Å². The molecular formula is C11H21N7O2. The Hall–Kier alpha value is -2.16. The Kier molecular flexibility index (Phi) is 5.44. The molecule has 5 N–H and O–H groups in total. The molecule has 9 nitrogen and oxygen atoms in total. The van der Waals surface area contributed by atoms with Gasteiger partial charge in [-0.1, -0.05) is 0 Å². The molecule has 0 saturated carbocycles. The summed E-state index contributed by atoms with van der Waals surface area (Å²) in [5.74, 6) is 5.28. The van der Waals surface area contributed by atoms with Crippen LogP contribution in [0, 0.1) is 0 Å². The Morgan fingerprint density at radius 2 is 1.95 bits per heavy atom. The number of anilines is 2. The number of rotatable bonds is 7. The zero-order chi connectivity index (χ0) is 15.3. The van der Waals surface area contributed by atoms with E-state index in [1.807, 2.05) is 27.7 Å². The average Bonchev–Trinajstić information content (AvgIpc) is 2.34. The normalized spacial score (nSPS) is 10.8. The van der Waals surface area contributed by atoms with Crippen molar-refractivity contribution in [2.45, 2.75) is 39.8 Å². The summed E-state index contributed by atoms with van der Waals surface area (Å²) in [6.45, 7) is 7.48. The third-order valence-electron chi connectivity index (χ3n) is 2.28. The topological polar surface area (TPSA) is 132 Å². The van der Waals surface area contributed by atoms with Crippen LogP contribution in [-0.4, -0.2) is 39.5 Å². The molecule has 1 aromatic heterocycles. The fourth-order valence-electron chi connectivity index (χ4n) is 1.45. The lowest BCUT2D eigenvalue weighted by Gasteiger charge is -2.25. The lowest BCUT2D eigenvalue weighted by Crippen LogP contribution is -2.40. The lowest BCUT2D eigenvalue weighted by molar-refractivity contribution is -0.116. The van der Waals surface area contributed by atoms with Gasteiger partial charge in [0.25, 0.3) is 0 Å². The van der Waals surface area contributed by atoms with Crippen molar-refractivity contribution in [1.29, 1.82) is 0 Å². The highest BCUT2D eigenvalue weighted by molar-refractivity contribution is 5.79. The average molecular weight is 283 g/mol. The van der Waals surface area contributed by atoms with Crippen molar-refractivity contribution < 1.29 is 9.53 Å². The van der Waals surface area contributed by atoms with E-state index in [2.05, 4.69) is 20.4 Å². The molecule has 9 heteroatoms. The highest BCUT2D eigenvalue weighted by Gasteiger charge is 2.19. The Labute approximate surface area is 117 Å². The Balaban J connectivity index is 3.15. The first-order valence-corrected chi connectivity index (χ1v) is 6.27. The maximum Gasteiger partial charge on any atom is 0.323 e. The second-order valence-electron chi connectivity index (χ2n) is 4.74. The minimum absolute atomic E-state index is 0.00713. The summed E-state index contributed by atoms with van der Waals surface area (Å²) >= 11 is 0. The van der Waals surface area contributed by atoms with Crippen LogP contribution in [0.15, 0.2) is 0 Å². The molecule has 0 fully saturated rings. The molecule has 20 heavy (non-hydrogen) atoms. The summed E-state index contributed by atoms with van der Waals surface area (Å²) in [7, 11) is 0. The minimum Gasteiger partial charge on any atom is -0.461 e. The number of carbonyl (C=O) groups excluding carboxylic acids is 1. The smallest absolute Gasteiger partial charge is 0.323 e. The highest BCUT2D eigenvalue weighted by atomic mass is 16.5. The second-order valence-corrected chi connectivity index (χ2v) is 4.74. The number of nitrogens with one attached hydrogen (secondary N) is 1. The highest BCUT2D eigenvalue weighted by Crippen LogP contribution is 2.17. The van der Waals surface area contributed by atoms with Crippen molar-refractivity contribution in [3.63, 3.8) is 0 Å². The first kappa shape index (κ1) is 15.9. The number of nitrogen functional groups attached to an aromatic ring is 1. The van der Waals surface area contributed by atoms with E-state index in [4.69, 9.17) is 16.3 Å². The van der Waals surface area contributed by atoms with Crippen LogP contribution in [0.4, 0.5) is 11.9 Å². The number of nitrogens with two attached hydrogens (primary N) is 2. The van der Waals surface area contributed by atoms with Crippen molar-refractivity contribution in [3.8, 4) is 6.01 Å². The molecule has 0 radical (unpaired) electrons. The van der Waals surface area contributed by atoms with Gasteiger partial charge >= 0.3 is 6.01 Å². The first-order valence-electron chi connectivity index (χ1n) is 6.27. The molecule has 0 bridgehead atoms. The maximum atomic E-state index is 11.1. The molecule has 0 saturated heterocycles. The number of hydrogen-bond acceptors (Lipinski definition) is 8. The Morgan fingerprint density at radius 1 is 1.30 bits per heavy atom. The van der Waals surface area contributed by atoms with Crippen LogP contribution >= 0.6 is 0 Å². The third kappa shape index (κ3) is 4.50. The molecule has 0 spiro atoms. The molecule has 0 aromatic carbocycles. The summed E-state index contributed by atoms with van der Waals surface area (Å²) < 4.78 is 5.43. The van der Waals surface area contributed by atoms with Crippen LogP contribution in [0.5, 0.6) is 6.01 Å². The van der Waals surface area contributed by atoms with Crippen molar-refractivity contribution in [2.24, 2.45) is 11.6 Å². The summed E-state index contributed by atoms with van der Waals surface area (Å²) in [6.07, 6.45) is -0.0977. The van der Waals surface area contributed by atoms with Crippen molar-refractivity contribution in [1.82, 2.24) is 15.0 Å². The van der Waals surface area contributed by atoms with Crippen LogP contribution in [0.1, 0.15) is 27.7 Å². The van der Waals surface area contributed by atoms with Gasteiger partial charge in [-0.15, -0.1) is 0 Å². The predicted octanol–water partition coefficient (Wildman–Crippen LogP) is -0.355. The lowest BCUT2D eigenvalue weighted by atomic mass is 10.3. The van der Waals surface area contributed by atoms with Gasteiger partial charge in [-0.2, -0.15) is 15.0 Å². The molecular weight excluding hydrogens is 262 g/mol. The number of primary amides is 1. The molecule has 1 aromatic rings. The fraction of sp³-hybridized carbons (Fsp3) is 0.636. The molecule has 0 unspecified atom stereocenters. The van der Waals surface area contributed by atoms with Crippen molar-refractivity contribution in [2.75, 3.05) is 16.9 Å². The van der Waals surface area contributed by atoms with Gasteiger partial charge in [-0.05, 0) is 27.7 Å². The van der Waals surface area contributed by atoms with Gasteiger partial charge in [0.2, 0.25) is 17.8 Å². The number of hydrazine groups is 1. The van der Waals surface area contributed by atoms with Crippen LogP contribution in [-0.2, 0) is 4.79 Å². The van der Waals surface area contributed by atoms with E-state index in [0.717, 1.165) is 0 Å². The summed E-state index contributed by atoms with van der Waals surface area (Å²) in [6, 6.07) is 0.107. The number of amides is 1. The molecule has 0 aliphatic heterocycles. The molecule has 0 aliphatic rings. The summed E-state index contributed by atoms with van der Waals surface area (Å²) in [5.41, 5.74) is 7.58. The van der Waals surface area contributed by atoms with Gasteiger partial charge < -0.3 is 15.4 Å². The van der Waals surface area contributed by atoms with Crippen LogP contribution in [0.25, 0.3) is 0 Å². The Morgan fingerprint density at radius 3 is 2.40 bits per heavy atom. The van der Waals surface area contributed by atoms with Gasteiger partial charge in [0.15, 0.2) is 0 Å². The zero-order valence-electron chi connectivity index (χ0n) is 12.1. The van der Waals surface area contributed by atoms with Gasteiger partial charge in [0, 0.05) is 6.04 Å². The van der Waals surface area contributed by atoms with E-state index in [0.29, 0.717) is 0 Å². The number of hydrogen-bond donors (Lipinski definition) is 3. The molecule has 1 heterocycles. The molecule has 1 rings (SSSR count). The summed E-state index contributed by atoms with van der Waals surface area (Å²) in [5, 5.41) is 0. The fourth-order valence-corrected chi connectivity index (χ4v) is 1.45. The number of carbonyl (C=O) groups is 1. The molecule has 112 valence electrons. The third-order valence-corrected chi connectivity index (χ3v) is 2.28. The van der Waals surface area contributed by atoms with Gasteiger partial charge in [-0.25, -0.2) is 5.84 Å². The van der Waals surface area contributed by atoms with E-state index >= 15 is 0 Å². The number of nitrogens with zero attached hydrogens (tertiary/aromatic N) is 4. The predicted molar refractivity (Wildman–Crippen MR) is 75.1 cm³/mol. The van der Waals surface area contributed by atoms with E-state index in [1.165, 1.54) is 0 Å². The largest absolute Gasteiger partial charge is 0.461 e. The standard InChI is InChI=1S/C11H21N7O2/c1-6(2)18(5-8(12)19)10-14-9(17-13)15-11(16-10)20-7(3)4/h6-7H,5,13H2,1-4H3,(H2,12,19)(H,14,15,16,17). The SMILES string of the molecule is CC(C)Oc1nc(NN)nc(N(CC(N)=O)C(C)C)n1. The monoisotopic (exact) mass is 283 g/mol. The second kappa shape index (κ2) is 6.85. The summed E-state index contributed by atoms with van der Waals surface area (Å²) in [4.78, 5) is 25.1. The van der Waals surface area contributed by atoms with E-state index in [9.17, 15) is 4.79 Å². The maximum absolute atomic E-state index is 11.1. The van der Waals surface area contributed by atoms with E-state index < -0.39 is 5.91 Å². The van der Waals surface area contributed by atoms with E-state index in [-0.39, 0.29) is 36.6 Å². The minimum atomic E-state index is -0.479. The number of ether oxygens (including phenoxy) is 1. The molecule has 0 aliphatic carbocycles. The first-order chi connectivity index (χ1) is 9.33. The molecule has 0 atom stereocenters. The quantitative estimate of drug-likeness (QED) is 0.456. The molecule has 1 amide bonds. The van der Waals surface area contributed by atoms with Crippen molar-refractivity contribution >= 4 is 17.8 Å². The van der Waals surface area contributed by atoms with Gasteiger partial charge in [0.05, 0.1) is 12.6 Å². The van der Waals surface area contributed by atoms with Crippen LogP contribution < -0.4 is 26.6 Å². The zero-order valence-corrected chi connectivity index (χ0v) is 12.1.